The van der Waals surface area contributed by atoms with Crippen molar-refractivity contribution in [1.82, 2.24) is 4.90 Å². The first-order valence-electron chi connectivity index (χ1n) is 4.56. The largest absolute Gasteiger partial charge is 0.381 e. The van der Waals surface area contributed by atoms with Crippen LogP contribution in [-0.2, 0) is 4.74 Å². The first-order valence-corrected chi connectivity index (χ1v) is 4.56. The predicted molar refractivity (Wildman–Crippen MR) is 49.9 cm³/mol. The summed E-state index contributed by atoms with van der Waals surface area (Å²) in [4.78, 5) is 2.35. The maximum Gasteiger partial charge on any atom is 0.0480 e. The van der Waals surface area contributed by atoms with Gasteiger partial charge in [0.1, 0.15) is 0 Å². The van der Waals surface area contributed by atoms with Crippen molar-refractivity contribution in [2.45, 2.75) is 25.3 Å². The summed E-state index contributed by atoms with van der Waals surface area (Å²) in [5.41, 5.74) is 0. The van der Waals surface area contributed by atoms with E-state index in [2.05, 4.69) is 17.9 Å². The summed E-state index contributed by atoms with van der Waals surface area (Å²) in [6.07, 6.45) is 8.37. The number of ether oxygens (including phenoxy) is 1. The summed E-state index contributed by atoms with van der Waals surface area (Å²) in [7, 11) is 2.15. The lowest BCUT2D eigenvalue weighted by molar-refractivity contribution is 0.0438. The van der Waals surface area contributed by atoms with Crippen molar-refractivity contribution in [1.29, 1.82) is 0 Å². The maximum absolute atomic E-state index is 5.29. The van der Waals surface area contributed by atoms with Crippen molar-refractivity contribution in [3.05, 3.63) is 0 Å². The number of hydrogen-bond donors (Lipinski definition) is 0. The summed E-state index contributed by atoms with van der Waals surface area (Å²) < 4.78 is 5.29. The second kappa shape index (κ2) is 5.18. The van der Waals surface area contributed by atoms with Gasteiger partial charge in [-0.15, -0.1) is 12.3 Å². The molecule has 1 heterocycles. The van der Waals surface area contributed by atoms with Gasteiger partial charge in [-0.2, -0.15) is 0 Å². The molecule has 0 radical (unpaired) electrons. The van der Waals surface area contributed by atoms with Gasteiger partial charge in [0.15, 0.2) is 0 Å². The zero-order valence-corrected chi connectivity index (χ0v) is 7.75. The van der Waals surface area contributed by atoms with Crippen LogP contribution in [0.4, 0.5) is 0 Å². The van der Waals surface area contributed by atoms with Crippen molar-refractivity contribution < 1.29 is 4.74 Å². The Morgan fingerprint density at radius 2 is 2.17 bits per heavy atom. The summed E-state index contributed by atoms with van der Waals surface area (Å²) in [6, 6.07) is 0.687. The first-order chi connectivity index (χ1) is 5.84. The zero-order valence-electron chi connectivity index (χ0n) is 7.75. The van der Waals surface area contributed by atoms with Gasteiger partial charge >= 0.3 is 0 Å². The minimum absolute atomic E-state index is 0.687. The molecule has 1 saturated heterocycles. The highest BCUT2D eigenvalue weighted by Crippen LogP contribution is 2.12. The number of hydrogen-bond acceptors (Lipinski definition) is 2. The third kappa shape index (κ3) is 2.84. The van der Waals surface area contributed by atoms with Gasteiger partial charge in [-0.25, -0.2) is 0 Å². The Bertz CT molecular complexity index is 156. The minimum atomic E-state index is 0.687. The Labute approximate surface area is 74.9 Å². The van der Waals surface area contributed by atoms with Crippen LogP contribution in [0.15, 0.2) is 0 Å². The fourth-order valence-corrected chi connectivity index (χ4v) is 1.55. The van der Waals surface area contributed by atoms with Gasteiger partial charge in [-0.3, -0.25) is 0 Å². The Morgan fingerprint density at radius 1 is 1.50 bits per heavy atom. The molecule has 0 amide bonds. The monoisotopic (exact) mass is 167 g/mol. The standard InChI is InChI=1S/C10H17NO/c1-3-4-7-11(2)10-5-8-12-9-6-10/h1,10H,4-9H2,2H3. The fraction of sp³-hybridized carbons (Fsp3) is 0.800. The molecule has 0 aromatic rings. The van der Waals surface area contributed by atoms with Gasteiger partial charge in [-0.05, 0) is 19.9 Å². The molecule has 1 fully saturated rings. The van der Waals surface area contributed by atoms with E-state index in [1.54, 1.807) is 0 Å². The molecule has 0 aliphatic carbocycles. The molecular weight excluding hydrogens is 150 g/mol. The molecule has 0 aromatic heterocycles. The van der Waals surface area contributed by atoms with Crippen molar-refractivity contribution in [2.75, 3.05) is 26.8 Å². The molecule has 68 valence electrons. The van der Waals surface area contributed by atoms with Crippen LogP contribution in [0.2, 0.25) is 0 Å². The smallest absolute Gasteiger partial charge is 0.0480 e. The molecule has 1 aliphatic heterocycles. The van der Waals surface area contributed by atoms with Crippen LogP contribution in [0, 0.1) is 12.3 Å². The summed E-state index contributed by atoms with van der Waals surface area (Å²) in [5, 5.41) is 0. The maximum atomic E-state index is 5.29. The normalized spacial score (nSPS) is 19.4. The summed E-state index contributed by atoms with van der Waals surface area (Å²) in [6.45, 7) is 2.83. The Hall–Kier alpha value is -0.520. The van der Waals surface area contributed by atoms with Crippen LogP contribution in [-0.4, -0.2) is 37.7 Å². The molecule has 0 atom stereocenters. The van der Waals surface area contributed by atoms with Gasteiger partial charge in [0.2, 0.25) is 0 Å². The molecule has 2 heteroatoms. The van der Waals surface area contributed by atoms with Crippen molar-refractivity contribution >= 4 is 0 Å². The zero-order chi connectivity index (χ0) is 8.81. The lowest BCUT2D eigenvalue weighted by Crippen LogP contribution is -2.37. The molecule has 1 rings (SSSR count). The quantitative estimate of drug-likeness (QED) is 0.584. The number of rotatable bonds is 3. The SMILES string of the molecule is C#CCCN(C)C1CCOCC1. The number of nitrogens with zero attached hydrogens (tertiary/aromatic N) is 1. The van der Waals surface area contributed by atoms with Crippen LogP contribution in [0.1, 0.15) is 19.3 Å². The van der Waals surface area contributed by atoms with Gasteiger partial charge < -0.3 is 9.64 Å². The molecule has 0 N–H and O–H groups in total. The van der Waals surface area contributed by atoms with E-state index in [9.17, 15) is 0 Å². The van der Waals surface area contributed by atoms with Crippen LogP contribution in [0.25, 0.3) is 0 Å². The lowest BCUT2D eigenvalue weighted by atomic mass is 10.1. The van der Waals surface area contributed by atoms with E-state index in [0.717, 1.165) is 39.0 Å². The Balaban J connectivity index is 2.21. The van der Waals surface area contributed by atoms with Crippen LogP contribution >= 0.6 is 0 Å². The predicted octanol–water partition coefficient (Wildman–Crippen LogP) is 1.12. The van der Waals surface area contributed by atoms with Gasteiger partial charge in [0.25, 0.3) is 0 Å². The van der Waals surface area contributed by atoms with Gasteiger partial charge in [0, 0.05) is 32.2 Å². The molecule has 0 bridgehead atoms. The summed E-state index contributed by atoms with van der Waals surface area (Å²) >= 11 is 0. The van der Waals surface area contributed by atoms with E-state index in [-0.39, 0.29) is 0 Å². The van der Waals surface area contributed by atoms with E-state index in [1.807, 2.05) is 0 Å². The highest BCUT2D eigenvalue weighted by molar-refractivity contribution is 4.85. The summed E-state index contributed by atoms with van der Waals surface area (Å²) in [5.74, 6) is 2.66. The first kappa shape index (κ1) is 9.57. The van der Waals surface area contributed by atoms with E-state index in [4.69, 9.17) is 11.2 Å². The van der Waals surface area contributed by atoms with Crippen LogP contribution in [0.3, 0.4) is 0 Å². The third-order valence-corrected chi connectivity index (χ3v) is 2.42. The second-order valence-electron chi connectivity index (χ2n) is 3.28. The molecule has 1 aliphatic rings. The van der Waals surface area contributed by atoms with Crippen LogP contribution < -0.4 is 0 Å². The molecular formula is C10H17NO. The molecule has 0 spiro atoms. The van der Waals surface area contributed by atoms with Crippen molar-refractivity contribution in [2.24, 2.45) is 0 Å². The Morgan fingerprint density at radius 3 is 2.75 bits per heavy atom. The average molecular weight is 167 g/mol. The molecule has 2 nitrogen and oxygen atoms in total. The molecule has 0 saturated carbocycles. The van der Waals surface area contributed by atoms with Gasteiger partial charge in [-0.1, -0.05) is 0 Å². The number of terminal acetylenes is 1. The fourth-order valence-electron chi connectivity index (χ4n) is 1.55. The highest BCUT2D eigenvalue weighted by Gasteiger charge is 2.17. The topological polar surface area (TPSA) is 12.5 Å². The molecule has 12 heavy (non-hydrogen) atoms. The minimum Gasteiger partial charge on any atom is -0.381 e. The average Bonchev–Trinajstić information content (AvgIpc) is 2.15. The van der Waals surface area contributed by atoms with E-state index in [1.165, 1.54) is 0 Å². The van der Waals surface area contributed by atoms with Gasteiger partial charge in [0.05, 0.1) is 0 Å². The molecule has 0 unspecified atom stereocenters. The Kier molecular flexibility index (Phi) is 4.13. The van der Waals surface area contributed by atoms with E-state index >= 15 is 0 Å². The highest BCUT2D eigenvalue weighted by atomic mass is 16.5. The second-order valence-corrected chi connectivity index (χ2v) is 3.28. The molecule has 0 aromatic carbocycles. The lowest BCUT2D eigenvalue weighted by Gasteiger charge is -2.30. The van der Waals surface area contributed by atoms with E-state index < -0.39 is 0 Å². The van der Waals surface area contributed by atoms with Crippen molar-refractivity contribution in [3.63, 3.8) is 0 Å². The van der Waals surface area contributed by atoms with Crippen molar-refractivity contribution in [3.8, 4) is 12.3 Å². The van der Waals surface area contributed by atoms with Crippen LogP contribution in [0.5, 0.6) is 0 Å². The van der Waals surface area contributed by atoms with E-state index in [0.29, 0.717) is 6.04 Å². The third-order valence-electron chi connectivity index (χ3n) is 2.42.